The van der Waals surface area contributed by atoms with Gasteiger partial charge in [0, 0.05) is 45.6 Å². The molecule has 0 saturated heterocycles. The largest absolute Gasteiger partial charge is 0.361 e. The first-order valence-electron chi connectivity index (χ1n) is 12.5. The molecule has 4 aromatic heterocycles. The summed E-state index contributed by atoms with van der Waals surface area (Å²) in [7, 11) is 0. The summed E-state index contributed by atoms with van der Waals surface area (Å²) in [6.45, 7) is 0. The Balaban J connectivity index is 1.28. The Morgan fingerprint density at radius 2 is 0.469 bits per heavy atom. The predicted octanol–water partition coefficient (Wildman–Crippen LogP) is 5.63. The summed E-state index contributed by atoms with van der Waals surface area (Å²) in [6, 6.07) is 19.0. The Bertz CT molecular complexity index is 1110. The van der Waals surface area contributed by atoms with E-state index in [4.69, 9.17) is 0 Å². The Hall–Kier alpha value is -2.88. The van der Waals surface area contributed by atoms with Gasteiger partial charge in [-0.3, -0.25) is 0 Å². The van der Waals surface area contributed by atoms with Crippen LogP contribution in [-0.2, 0) is 21.7 Å². The number of rotatable bonds is 0. The molecule has 160 valence electrons. The average Bonchev–Trinajstić information content (AvgIpc) is 3.83. The fourth-order valence-corrected chi connectivity index (χ4v) is 7.05. The lowest BCUT2D eigenvalue weighted by Gasteiger charge is -2.18. The molecule has 0 amide bonds. The van der Waals surface area contributed by atoms with Crippen LogP contribution in [0.2, 0.25) is 0 Å². The van der Waals surface area contributed by atoms with Crippen LogP contribution in [0, 0.1) is 0 Å². The molecule has 32 heavy (non-hydrogen) atoms. The minimum atomic E-state index is 0.152. The molecule has 4 saturated carbocycles. The highest BCUT2D eigenvalue weighted by molar-refractivity contribution is 5.51. The van der Waals surface area contributed by atoms with Crippen molar-refractivity contribution in [3.05, 3.63) is 94.1 Å². The van der Waals surface area contributed by atoms with Crippen LogP contribution >= 0.6 is 0 Å². The lowest BCUT2D eigenvalue weighted by Crippen LogP contribution is -2.16. The van der Waals surface area contributed by atoms with E-state index in [1.165, 1.54) is 96.9 Å². The Kier molecular flexibility index (Phi) is 2.55. The van der Waals surface area contributed by atoms with Gasteiger partial charge < -0.3 is 19.9 Å². The highest BCUT2D eigenvalue weighted by Gasteiger charge is 2.55. The number of fused-ring (bicyclic) bond motifs is 16. The first-order chi connectivity index (χ1) is 15.7. The van der Waals surface area contributed by atoms with Gasteiger partial charge in [-0.25, -0.2) is 0 Å². The molecule has 4 fully saturated rings. The van der Waals surface area contributed by atoms with Crippen molar-refractivity contribution in [1.29, 1.82) is 0 Å². The Labute approximate surface area is 187 Å². The third-order valence-corrected chi connectivity index (χ3v) is 9.87. The molecule has 8 bridgehead atoms. The van der Waals surface area contributed by atoms with Crippen LogP contribution < -0.4 is 0 Å². The first kappa shape index (κ1) is 16.7. The fraction of sp³-hybridized carbons (Fsp3) is 0.429. The van der Waals surface area contributed by atoms with Crippen LogP contribution in [0.15, 0.2) is 48.5 Å². The van der Waals surface area contributed by atoms with E-state index in [1.54, 1.807) is 0 Å². The molecule has 4 N–H and O–H groups in total. The smallest absolute Gasteiger partial charge is 0.0504 e. The van der Waals surface area contributed by atoms with E-state index < -0.39 is 0 Å². The van der Waals surface area contributed by atoms with Gasteiger partial charge in [-0.2, -0.15) is 0 Å². The summed E-state index contributed by atoms with van der Waals surface area (Å²) >= 11 is 0. The molecule has 1 aliphatic heterocycles. The van der Waals surface area contributed by atoms with Crippen LogP contribution in [0.5, 0.6) is 0 Å². The standard InChI is InChI=1S/C28H28N4/c1-2-18-26(11-12-26)20-5-6-22(31-20)28(15-16-28)24-8-7-23(32-24)27(13-14-27)21-4-3-19(30-21)25(9-10-25)17(1)29-18/h1-8,29-32H,9-16H2. The predicted molar refractivity (Wildman–Crippen MR) is 123 cm³/mol. The van der Waals surface area contributed by atoms with Crippen LogP contribution in [-0.4, -0.2) is 19.9 Å². The molecule has 4 nitrogen and oxygen atoms in total. The third kappa shape index (κ3) is 1.81. The van der Waals surface area contributed by atoms with Crippen molar-refractivity contribution in [2.75, 3.05) is 0 Å². The highest BCUT2D eigenvalue weighted by atomic mass is 14.9. The van der Waals surface area contributed by atoms with Crippen molar-refractivity contribution in [3.8, 4) is 0 Å². The minimum Gasteiger partial charge on any atom is -0.361 e. The molecule has 5 aliphatic rings. The van der Waals surface area contributed by atoms with Gasteiger partial charge in [-0.05, 0) is 99.9 Å². The van der Waals surface area contributed by atoms with Gasteiger partial charge in [0.25, 0.3) is 0 Å². The second kappa shape index (κ2) is 4.88. The zero-order valence-corrected chi connectivity index (χ0v) is 18.3. The van der Waals surface area contributed by atoms with Gasteiger partial charge in [0.15, 0.2) is 0 Å². The molecule has 4 aromatic rings. The minimum absolute atomic E-state index is 0.152. The normalized spacial score (nSPS) is 25.5. The van der Waals surface area contributed by atoms with Crippen LogP contribution in [0.25, 0.3) is 0 Å². The Morgan fingerprint density at radius 3 is 0.594 bits per heavy atom. The molecular formula is C28H28N4. The van der Waals surface area contributed by atoms with E-state index in [-0.39, 0.29) is 21.7 Å². The molecule has 9 rings (SSSR count). The molecule has 0 radical (unpaired) electrons. The van der Waals surface area contributed by atoms with Gasteiger partial charge in [0.1, 0.15) is 0 Å². The lowest BCUT2D eigenvalue weighted by molar-refractivity contribution is 0.704. The van der Waals surface area contributed by atoms with Gasteiger partial charge >= 0.3 is 0 Å². The van der Waals surface area contributed by atoms with Gasteiger partial charge in [0.05, 0.1) is 21.7 Å². The Morgan fingerprint density at radius 1 is 0.312 bits per heavy atom. The summed E-state index contributed by atoms with van der Waals surface area (Å²) in [6.07, 6.45) is 9.85. The van der Waals surface area contributed by atoms with Crippen molar-refractivity contribution >= 4 is 0 Å². The fourth-order valence-electron chi connectivity index (χ4n) is 7.05. The van der Waals surface area contributed by atoms with E-state index >= 15 is 0 Å². The van der Waals surface area contributed by atoms with Crippen molar-refractivity contribution < 1.29 is 0 Å². The second-order valence-corrected chi connectivity index (χ2v) is 11.5. The van der Waals surface area contributed by atoms with E-state index in [2.05, 4.69) is 68.5 Å². The maximum absolute atomic E-state index is 3.93. The number of H-pyrrole nitrogens is 4. The molecule has 4 aliphatic carbocycles. The second-order valence-electron chi connectivity index (χ2n) is 11.5. The maximum Gasteiger partial charge on any atom is 0.0504 e. The molecule has 0 aromatic carbocycles. The molecule has 0 unspecified atom stereocenters. The maximum atomic E-state index is 3.93. The van der Waals surface area contributed by atoms with Crippen molar-refractivity contribution in [3.63, 3.8) is 0 Å². The van der Waals surface area contributed by atoms with Crippen LogP contribution in [0.1, 0.15) is 96.9 Å². The monoisotopic (exact) mass is 420 g/mol. The van der Waals surface area contributed by atoms with Crippen molar-refractivity contribution in [2.45, 2.75) is 73.0 Å². The van der Waals surface area contributed by atoms with Gasteiger partial charge in [-0.15, -0.1) is 0 Å². The quantitative estimate of drug-likeness (QED) is 0.285. The summed E-state index contributed by atoms with van der Waals surface area (Å²) in [4.78, 5) is 15.7. The summed E-state index contributed by atoms with van der Waals surface area (Å²) in [5, 5.41) is 0. The number of aromatic amines is 4. The van der Waals surface area contributed by atoms with E-state index in [9.17, 15) is 0 Å². The third-order valence-electron chi connectivity index (χ3n) is 9.87. The number of aromatic nitrogens is 4. The number of hydrogen-bond acceptors (Lipinski definition) is 0. The average molecular weight is 421 g/mol. The summed E-state index contributed by atoms with van der Waals surface area (Å²) in [5.74, 6) is 0. The highest BCUT2D eigenvalue weighted by Crippen LogP contribution is 2.60. The van der Waals surface area contributed by atoms with E-state index in [1.807, 2.05) is 0 Å². The van der Waals surface area contributed by atoms with Crippen LogP contribution in [0.3, 0.4) is 0 Å². The molecule has 5 heterocycles. The number of nitrogens with one attached hydrogen (secondary N) is 4. The summed E-state index contributed by atoms with van der Waals surface area (Å²) < 4.78 is 0. The number of hydrogen-bond donors (Lipinski definition) is 4. The molecular weight excluding hydrogens is 392 g/mol. The van der Waals surface area contributed by atoms with Crippen molar-refractivity contribution in [1.82, 2.24) is 19.9 Å². The molecule has 4 heteroatoms. The molecule has 4 spiro atoms. The van der Waals surface area contributed by atoms with Gasteiger partial charge in [0.2, 0.25) is 0 Å². The van der Waals surface area contributed by atoms with E-state index in [0.29, 0.717) is 0 Å². The zero-order valence-electron chi connectivity index (χ0n) is 18.3. The SMILES string of the molecule is c1cc2[nH]c1C1(CC1)c1ccc([nH]1)C1(CC1)c1ccc([nH]1)C1(CC1)c1ccc([nH]1)C21CC1. The van der Waals surface area contributed by atoms with Gasteiger partial charge in [-0.1, -0.05) is 0 Å². The first-order valence-corrected chi connectivity index (χ1v) is 12.5. The van der Waals surface area contributed by atoms with Crippen molar-refractivity contribution in [2.24, 2.45) is 0 Å². The zero-order chi connectivity index (χ0) is 20.8. The topological polar surface area (TPSA) is 63.2 Å². The van der Waals surface area contributed by atoms with E-state index in [0.717, 1.165) is 0 Å². The lowest BCUT2D eigenvalue weighted by atomic mass is 9.98. The summed E-state index contributed by atoms with van der Waals surface area (Å²) in [5.41, 5.74) is 11.8. The van der Waals surface area contributed by atoms with Crippen LogP contribution in [0.4, 0.5) is 0 Å². The molecule has 0 atom stereocenters.